The summed E-state index contributed by atoms with van der Waals surface area (Å²) in [5, 5.41) is 8.02. The van der Waals surface area contributed by atoms with Crippen LogP contribution in [-0.2, 0) is 13.0 Å². The van der Waals surface area contributed by atoms with Gasteiger partial charge in [-0.3, -0.25) is 4.79 Å². The Hall–Kier alpha value is -1.72. The third kappa shape index (κ3) is 2.14. The summed E-state index contributed by atoms with van der Waals surface area (Å²) in [6.45, 7) is 1.80. The molecule has 2 N–H and O–H groups in total. The maximum absolute atomic E-state index is 12.0. The molecule has 0 aliphatic carbocycles. The van der Waals surface area contributed by atoms with Gasteiger partial charge in [0.05, 0.1) is 5.51 Å². The van der Waals surface area contributed by atoms with Crippen LogP contribution in [0, 0.1) is 0 Å². The number of carbonyl (C=O) groups excluding carboxylic acids is 1. The number of rotatable bonds is 2. The molecule has 1 amide bonds. The number of aromatic nitrogens is 1. The first-order chi connectivity index (χ1) is 8.84. The van der Waals surface area contributed by atoms with Gasteiger partial charge in [0.1, 0.15) is 5.69 Å². The average Bonchev–Trinajstić information content (AvgIpc) is 2.93. The van der Waals surface area contributed by atoms with E-state index in [1.165, 1.54) is 22.5 Å². The number of fused-ring (bicyclic) bond motifs is 1. The summed E-state index contributed by atoms with van der Waals surface area (Å²) >= 11 is 1.42. The standard InChI is InChI=1S/C13H13N3OS/c17-13(12-7-18-8-15-12)16-11-3-1-2-9-4-5-14-6-10(9)11/h1-3,7-8,14H,4-6H2,(H,16,17). The van der Waals surface area contributed by atoms with Gasteiger partial charge in [-0.05, 0) is 30.2 Å². The highest BCUT2D eigenvalue weighted by Crippen LogP contribution is 2.23. The van der Waals surface area contributed by atoms with Crippen LogP contribution >= 0.6 is 11.3 Å². The molecule has 0 fully saturated rings. The molecule has 0 radical (unpaired) electrons. The fraction of sp³-hybridized carbons (Fsp3) is 0.231. The molecule has 5 heteroatoms. The second-order valence-electron chi connectivity index (χ2n) is 4.20. The Balaban J connectivity index is 1.87. The molecule has 0 unspecified atom stereocenters. The molecule has 2 heterocycles. The quantitative estimate of drug-likeness (QED) is 0.867. The van der Waals surface area contributed by atoms with Crippen molar-refractivity contribution in [2.75, 3.05) is 11.9 Å². The smallest absolute Gasteiger partial charge is 0.275 e. The minimum absolute atomic E-state index is 0.143. The molecule has 0 spiro atoms. The monoisotopic (exact) mass is 259 g/mol. The van der Waals surface area contributed by atoms with Crippen LogP contribution in [0.4, 0.5) is 5.69 Å². The number of anilines is 1. The molecule has 0 bridgehead atoms. The Morgan fingerprint density at radius 2 is 2.39 bits per heavy atom. The summed E-state index contributed by atoms with van der Waals surface area (Å²) in [6.07, 6.45) is 1.01. The molecule has 3 rings (SSSR count). The Kier molecular flexibility index (Phi) is 3.08. The maximum Gasteiger partial charge on any atom is 0.275 e. The van der Waals surface area contributed by atoms with E-state index >= 15 is 0 Å². The SMILES string of the molecule is O=C(Nc1cccc2c1CNCC2)c1cscn1. The van der Waals surface area contributed by atoms with Crippen molar-refractivity contribution >= 4 is 22.9 Å². The Labute approximate surface area is 109 Å². The Morgan fingerprint density at radius 1 is 1.44 bits per heavy atom. The van der Waals surface area contributed by atoms with Crippen LogP contribution in [0.15, 0.2) is 29.1 Å². The van der Waals surface area contributed by atoms with E-state index < -0.39 is 0 Å². The molecule has 1 aliphatic rings. The lowest BCUT2D eigenvalue weighted by Gasteiger charge is -2.20. The van der Waals surface area contributed by atoms with Crippen molar-refractivity contribution in [2.24, 2.45) is 0 Å². The number of thiazole rings is 1. The van der Waals surface area contributed by atoms with E-state index in [0.717, 1.165) is 25.2 Å². The van der Waals surface area contributed by atoms with Crippen molar-refractivity contribution in [1.82, 2.24) is 10.3 Å². The van der Waals surface area contributed by atoms with Gasteiger partial charge in [-0.25, -0.2) is 4.98 Å². The molecule has 92 valence electrons. The van der Waals surface area contributed by atoms with Gasteiger partial charge < -0.3 is 10.6 Å². The second kappa shape index (κ2) is 4.88. The highest BCUT2D eigenvalue weighted by molar-refractivity contribution is 7.07. The molecule has 0 saturated carbocycles. The fourth-order valence-electron chi connectivity index (χ4n) is 2.14. The van der Waals surface area contributed by atoms with Crippen LogP contribution in [0.25, 0.3) is 0 Å². The maximum atomic E-state index is 12.0. The largest absolute Gasteiger partial charge is 0.320 e. The van der Waals surface area contributed by atoms with Crippen LogP contribution in [-0.4, -0.2) is 17.4 Å². The lowest BCUT2D eigenvalue weighted by Crippen LogP contribution is -2.25. The molecule has 4 nitrogen and oxygen atoms in total. The number of hydrogen-bond donors (Lipinski definition) is 2. The van der Waals surface area contributed by atoms with Gasteiger partial charge in [-0.15, -0.1) is 11.3 Å². The molecule has 0 atom stereocenters. The molecule has 0 saturated heterocycles. The van der Waals surface area contributed by atoms with Crippen LogP contribution in [0.3, 0.4) is 0 Å². The van der Waals surface area contributed by atoms with Gasteiger partial charge in [0.2, 0.25) is 0 Å². The molecule has 2 aromatic rings. The first kappa shape index (κ1) is 11.4. The number of nitrogens with one attached hydrogen (secondary N) is 2. The zero-order valence-corrected chi connectivity index (χ0v) is 10.6. The van der Waals surface area contributed by atoms with Crippen molar-refractivity contribution in [3.63, 3.8) is 0 Å². The number of nitrogens with zero attached hydrogens (tertiary/aromatic N) is 1. The minimum atomic E-state index is -0.143. The van der Waals surface area contributed by atoms with E-state index in [1.807, 2.05) is 12.1 Å². The van der Waals surface area contributed by atoms with Crippen molar-refractivity contribution in [3.8, 4) is 0 Å². The second-order valence-corrected chi connectivity index (χ2v) is 4.92. The number of amides is 1. The fourth-order valence-corrected chi connectivity index (χ4v) is 2.67. The molecule has 18 heavy (non-hydrogen) atoms. The summed E-state index contributed by atoms with van der Waals surface area (Å²) in [6, 6.07) is 6.05. The van der Waals surface area contributed by atoms with Gasteiger partial charge >= 0.3 is 0 Å². The summed E-state index contributed by atoms with van der Waals surface area (Å²) in [7, 11) is 0. The lowest BCUT2D eigenvalue weighted by molar-refractivity contribution is 0.102. The van der Waals surface area contributed by atoms with E-state index in [1.54, 1.807) is 10.9 Å². The summed E-state index contributed by atoms with van der Waals surface area (Å²) in [4.78, 5) is 16.0. The van der Waals surface area contributed by atoms with Gasteiger partial charge in [0.15, 0.2) is 0 Å². The summed E-state index contributed by atoms with van der Waals surface area (Å²) < 4.78 is 0. The van der Waals surface area contributed by atoms with Gasteiger partial charge in [0.25, 0.3) is 5.91 Å². The first-order valence-electron chi connectivity index (χ1n) is 5.85. The zero-order chi connectivity index (χ0) is 12.4. The van der Waals surface area contributed by atoms with Crippen LogP contribution < -0.4 is 10.6 Å². The van der Waals surface area contributed by atoms with Crippen LogP contribution in [0.1, 0.15) is 21.6 Å². The van der Waals surface area contributed by atoms with E-state index in [-0.39, 0.29) is 5.91 Å². The van der Waals surface area contributed by atoms with Crippen molar-refractivity contribution in [3.05, 3.63) is 45.9 Å². The Bertz CT molecular complexity index is 566. The average molecular weight is 259 g/mol. The van der Waals surface area contributed by atoms with Gasteiger partial charge in [0, 0.05) is 17.6 Å². The van der Waals surface area contributed by atoms with Crippen LogP contribution in [0.5, 0.6) is 0 Å². The van der Waals surface area contributed by atoms with E-state index in [4.69, 9.17) is 0 Å². The third-order valence-corrected chi connectivity index (χ3v) is 3.65. The van der Waals surface area contributed by atoms with Gasteiger partial charge in [-0.1, -0.05) is 12.1 Å². The molecule has 1 aromatic heterocycles. The van der Waals surface area contributed by atoms with Crippen molar-refractivity contribution in [2.45, 2.75) is 13.0 Å². The predicted octanol–water partition coefficient (Wildman–Crippen LogP) is 2.04. The lowest BCUT2D eigenvalue weighted by atomic mass is 9.99. The normalized spacial score (nSPS) is 14.0. The number of hydrogen-bond acceptors (Lipinski definition) is 4. The van der Waals surface area contributed by atoms with E-state index in [0.29, 0.717) is 5.69 Å². The van der Waals surface area contributed by atoms with Gasteiger partial charge in [-0.2, -0.15) is 0 Å². The van der Waals surface area contributed by atoms with Crippen LogP contribution in [0.2, 0.25) is 0 Å². The third-order valence-electron chi connectivity index (χ3n) is 3.06. The molecular weight excluding hydrogens is 246 g/mol. The number of carbonyl (C=O) groups is 1. The minimum Gasteiger partial charge on any atom is -0.320 e. The first-order valence-corrected chi connectivity index (χ1v) is 6.80. The summed E-state index contributed by atoms with van der Waals surface area (Å²) in [5.41, 5.74) is 5.52. The molecule has 1 aromatic carbocycles. The highest BCUT2D eigenvalue weighted by Gasteiger charge is 2.15. The zero-order valence-electron chi connectivity index (χ0n) is 9.77. The molecular formula is C13H13N3OS. The van der Waals surface area contributed by atoms with E-state index in [9.17, 15) is 4.79 Å². The topological polar surface area (TPSA) is 54.0 Å². The molecule has 1 aliphatic heterocycles. The van der Waals surface area contributed by atoms with Crippen molar-refractivity contribution in [1.29, 1.82) is 0 Å². The highest BCUT2D eigenvalue weighted by atomic mass is 32.1. The summed E-state index contributed by atoms with van der Waals surface area (Å²) in [5.74, 6) is -0.143. The van der Waals surface area contributed by atoms with E-state index in [2.05, 4.69) is 21.7 Å². The number of benzene rings is 1. The van der Waals surface area contributed by atoms with Crippen molar-refractivity contribution < 1.29 is 4.79 Å². The predicted molar refractivity (Wildman–Crippen MR) is 71.9 cm³/mol. The Morgan fingerprint density at radius 3 is 3.22 bits per heavy atom.